The zero-order valence-electron chi connectivity index (χ0n) is 9.23. The minimum atomic E-state index is -0.481. The van der Waals surface area contributed by atoms with Crippen molar-refractivity contribution in [2.24, 2.45) is 5.73 Å². The molecule has 0 saturated heterocycles. The van der Waals surface area contributed by atoms with E-state index in [0.717, 1.165) is 24.1 Å². The van der Waals surface area contributed by atoms with Crippen LogP contribution in [0.1, 0.15) is 30.6 Å². The second kappa shape index (κ2) is 4.09. The number of aromatic nitrogens is 1. The summed E-state index contributed by atoms with van der Waals surface area (Å²) >= 11 is 0. The molecule has 0 saturated carbocycles. The topological polar surface area (TPSA) is 94.0 Å². The highest BCUT2D eigenvalue weighted by Gasteiger charge is 2.25. The van der Waals surface area contributed by atoms with Crippen molar-refractivity contribution >= 4 is 11.7 Å². The molecule has 0 bridgehead atoms. The number of nitrogens with zero attached hydrogens (tertiary/aromatic N) is 1. The average molecular weight is 220 g/mol. The molecule has 2 rings (SSSR count). The van der Waals surface area contributed by atoms with Gasteiger partial charge in [0.2, 0.25) is 5.91 Å². The quantitative estimate of drug-likeness (QED) is 0.659. The SMILES string of the molecule is C[C@H](N)C(=O)NC1CCc2nc(N)ccc21. The van der Waals surface area contributed by atoms with Crippen molar-refractivity contribution in [2.75, 3.05) is 5.73 Å². The van der Waals surface area contributed by atoms with Gasteiger partial charge in [0.15, 0.2) is 0 Å². The van der Waals surface area contributed by atoms with Gasteiger partial charge in [-0.05, 0) is 31.4 Å². The van der Waals surface area contributed by atoms with E-state index in [1.165, 1.54) is 0 Å². The molecule has 1 aliphatic rings. The number of anilines is 1. The number of carbonyl (C=O) groups excluding carboxylic acids is 1. The fourth-order valence-electron chi connectivity index (χ4n) is 1.94. The average Bonchev–Trinajstić information content (AvgIpc) is 2.60. The summed E-state index contributed by atoms with van der Waals surface area (Å²) in [4.78, 5) is 15.7. The van der Waals surface area contributed by atoms with Gasteiger partial charge in [-0.15, -0.1) is 0 Å². The number of hydrogen-bond acceptors (Lipinski definition) is 4. The van der Waals surface area contributed by atoms with Gasteiger partial charge in [-0.1, -0.05) is 6.07 Å². The molecule has 2 atom stereocenters. The lowest BCUT2D eigenvalue weighted by molar-refractivity contribution is -0.122. The van der Waals surface area contributed by atoms with E-state index in [4.69, 9.17) is 11.5 Å². The maximum atomic E-state index is 11.5. The number of carbonyl (C=O) groups is 1. The Morgan fingerprint density at radius 3 is 3.06 bits per heavy atom. The maximum absolute atomic E-state index is 11.5. The molecule has 1 aromatic rings. The first-order valence-electron chi connectivity index (χ1n) is 5.39. The van der Waals surface area contributed by atoms with Crippen molar-refractivity contribution in [1.82, 2.24) is 10.3 Å². The van der Waals surface area contributed by atoms with E-state index < -0.39 is 6.04 Å². The summed E-state index contributed by atoms with van der Waals surface area (Å²) in [5.41, 5.74) is 13.2. The third-order valence-electron chi connectivity index (χ3n) is 2.81. The van der Waals surface area contributed by atoms with Gasteiger partial charge in [-0.2, -0.15) is 0 Å². The second-order valence-corrected chi connectivity index (χ2v) is 4.16. The molecule has 0 spiro atoms. The zero-order valence-corrected chi connectivity index (χ0v) is 9.23. The Kier molecular flexibility index (Phi) is 2.78. The fourth-order valence-corrected chi connectivity index (χ4v) is 1.94. The van der Waals surface area contributed by atoms with Crippen molar-refractivity contribution < 1.29 is 4.79 Å². The van der Waals surface area contributed by atoms with Gasteiger partial charge in [-0.3, -0.25) is 4.79 Å². The third kappa shape index (κ3) is 1.99. The Bertz CT molecular complexity index is 416. The minimum Gasteiger partial charge on any atom is -0.384 e. The summed E-state index contributed by atoms with van der Waals surface area (Å²) in [5.74, 6) is 0.396. The molecule has 16 heavy (non-hydrogen) atoms. The molecule has 1 unspecified atom stereocenters. The number of fused-ring (bicyclic) bond motifs is 1. The first-order valence-corrected chi connectivity index (χ1v) is 5.39. The van der Waals surface area contributed by atoms with E-state index in [1.807, 2.05) is 6.07 Å². The summed E-state index contributed by atoms with van der Waals surface area (Å²) in [5, 5.41) is 2.91. The molecule has 1 aromatic heterocycles. The molecule has 5 nitrogen and oxygen atoms in total. The number of aryl methyl sites for hydroxylation is 1. The van der Waals surface area contributed by atoms with Crippen LogP contribution in [0.5, 0.6) is 0 Å². The number of nitrogens with two attached hydrogens (primary N) is 2. The van der Waals surface area contributed by atoms with E-state index in [2.05, 4.69) is 10.3 Å². The van der Waals surface area contributed by atoms with Gasteiger partial charge >= 0.3 is 0 Å². The molecule has 0 radical (unpaired) electrons. The van der Waals surface area contributed by atoms with Crippen LogP contribution in [-0.2, 0) is 11.2 Å². The summed E-state index contributed by atoms with van der Waals surface area (Å²) < 4.78 is 0. The molecule has 0 aromatic carbocycles. The first-order chi connectivity index (χ1) is 7.58. The Labute approximate surface area is 94.2 Å². The van der Waals surface area contributed by atoms with Crippen molar-refractivity contribution in [1.29, 1.82) is 0 Å². The smallest absolute Gasteiger partial charge is 0.237 e. The number of amides is 1. The normalized spacial score (nSPS) is 20.2. The summed E-state index contributed by atoms with van der Waals surface area (Å²) in [6, 6.07) is 3.23. The predicted molar refractivity (Wildman–Crippen MR) is 61.5 cm³/mol. The molecule has 86 valence electrons. The van der Waals surface area contributed by atoms with Gasteiger partial charge in [0.05, 0.1) is 12.1 Å². The molecule has 1 aliphatic carbocycles. The molecule has 1 amide bonds. The largest absolute Gasteiger partial charge is 0.384 e. The minimum absolute atomic E-state index is 0.0293. The van der Waals surface area contributed by atoms with Gasteiger partial charge in [0.1, 0.15) is 5.82 Å². The fraction of sp³-hybridized carbons (Fsp3) is 0.455. The van der Waals surface area contributed by atoms with Gasteiger partial charge in [-0.25, -0.2) is 4.98 Å². The van der Waals surface area contributed by atoms with Crippen LogP contribution in [0.2, 0.25) is 0 Å². The highest BCUT2D eigenvalue weighted by atomic mass is 16.2. The monoisotopic (exact) mass is 220 g/mol. The van der Waals surface area contributed by atoms with Crippen molar-refractivity contribution in [2.45, 2.75) is 31.8 Å². The van der Waals surface area contributed by atoms with E-state index in [-0.39, 0.29) is 11.9 Å². The second-order valence-electron chi connectivity index (χ2n) is 4.16. The Balaban J connectivity index is 2.15. The Morgan fingerprint density at radius 1 is 1.62 bits per heavy atom. The molecule has 5 N–H and O–H groups in total. The van der Waals surface area contributed by atoms with Gasteiger partial charge in [0.25, 0.3) is 0 Å². The first kappa shape index (κ1) is 10.9. The van der Waals surface area contributed by atoms with E-state index in [0.29, 0.717) is 5.82 Å². The third-order valence-corrected chi connectivity index (χ3v) is 2.81. The number of rotatable bonds is 2. The van der Waals surface area contributed by atoms with Crippen LogP contribution in [0.3, 0.4) is 0 Å². The predicted octanol–water partition coefficient (Wildman–Crippen LogP) is 0.115. The van der Waals surface area contributed by atoms with Crippen LogP contribution < -0.4 is 16.8 Å². The molecule has 1 heterocycles. The number of hydrogen-bond donors (Lipinski definition) is 3. The van der Waals surface area contributed by atoms with Crippen molar-refractivity contribution in [3.63, 3.8) is 0 Å². The Morgan fingerprint density at radius 2 is 2.38 bits per heavy atom. The van der Waals surface area contributed by atoms with E-state index >= 15 is 0 Å². The molecule has 0 aliphatic heterocycles. The number of nitrogens with one attached hydrogen (secondary N) is 1. The van der Waals surface area contributed by atoms with Gasteiger partial charge in [0, 0.05) is 5.69 Å². The van der Waals surface area contributed by atoms with Crippen LogP contribution in [0.15, 0.2) is 12.1 Å². The summed E-state index contributed by atoms with van der Waals surface area (Å²) in [6.45, 7) is 1.67. The van der Waals surface area contributed by atoms with E-state index in [1.54, 1.807) is 13.0 Å². The highest BCUT2D eigenvalue weighted by Crippen LogP contribution is 2.30. The molecule has 0 fully saturated rings. The number of nitrogen functional groups attached to an aromatic ring is 1. The lowest BCUT2D eigenvalue weighted by atomic mass is 10.1. The lowest BCUT2D eigenvalue weighted by Crippen LogP contribution is -2.39. The zero-order chi connectivity index (χ0) is 11.7. The van der Waals surface area contributed by atoms with Gasteiger partial charge < -0.3 is 16.8 Å². The van der Waals surface area contributed by atoms with Crippen LogP contribution >= 0.6 is 0 Å². The Hall–Kier alpha value is -1.62. The van der Waals surface area contributed by atoms with Crippen LogP contribution in [0, 0.1) is 0 Å². The van der Waals surface area contributed by atoms with Crippen LogP contribution in [0.25, 0.3) is 0 Å². The molecular formula is C11H16N4O. The molecule has 5 heteroatoms. The van der Waals surface area contributed by atoms with Crippen molar-refractivity contribution in [3.05, 3.63) is 23.4 Å². The number of pyridine rings is 1. The lowest BCUT2D eigenvalue weighted by Gasteiger charge is -2.15. The maximum Gasteiger partial charge on any atom is 0.237 e. The summed E-state index contributed by atoms with van der Waals surface area (Å²) in [7, 11) is 0. The highest BCUT2D eigenvalue weighted by molar-refractivity contribution is 5.81. The van der Waals surface area contributed by atoms with E-state index in [9.17, 15) is 4.79 Å². The summed E-state index contributed by atoms with van der Waals surface area (Å²) in [6.07, 6.45) is 1.72. The molecular weight excluding hydrogens is 204 g/mol. The van der Waals surface area contributed by atoms with Crippen molar-refractivity contribution in [3.8, 4) is 0 Å². The van der Waals surface area contributed by atoms with Crippen LogP contribution in [-0.4, -0.2) is 16.9 Å². The standard InChI is InChI=1S/C11H16N4O/c1-6(12)11(16)15-9-4-3-8-7(9)2-5-10(13)14-8/h2,5-6,9H,3-4,12H2,1H3,(H2,13,14)(H,15,16)/t6-,9?/m0/s1. The van der Waals surface area contributed by atoms with Crippen LogP contribution in [0.4, 0.5) is 5.82 Å².